The van der Waals surface area contributed by atoms with E-state index in [1.165, 1.54) is 4.90 Å². The van der Waals surface area contributed by atoms with Crippen LogP contribution in [-0.4, -0.2) is 22.8 Å². The van der Waals surface area contributed by atoms with Gasteiger partial charge in [0.05, 0.1) is 0 Å². The van der Waals surface area contributed by atoms with Gasteiger partial charge >= 0.3 is 0 Å². The van der Waals surface area contributed by atoms with E-state index in [-0.39, 0.29) is 12.1 Å². The molecule has 110 valence electrons. The van der Waals surface area contributed by atoms with Crippen molar-refractivity contribution in [2.24, 2.45) is 0 Å². The SMILES string of the molecule is CNC(C)c1cnc(C2CSc3ccccc3O2)nc1C. The number of hydrogen-bond acceptors (Lipinski definition) is 5. The number of aryl methyl sites for hydroxylation is 1. The Balaban J connectivity index is 1.84. The van der Waals surface area contributed by atoms with E-state index >= 15 is 0 Å². The van der Waals surface area contributed by atoms with E-state index in [0.717, 1.165) is 28.6 Å². The van der Waals surface area contributed by atoms with Gasteiger partial charge in [-0.2, -0.15) is 0 Å². The molecule has 1 N–H and O–H groups in total. The molecule has 1 aliphatic heterocycles. The van der Waals surface area contributed by atoms with Crippen LogP contribution in [0, 0.1) is 6.92 Å². The number of thioether (sulfide) groups is 1. The van der Waals surface area contributed by atoms with Crippen molar-refractivity contribution < 1.29 is 4.74 Å². The molecule has 2 unspecified atom stereocenters. The number of para-hydroxylation sites is 1. The topological polar surface area (TPSA) is 47.0 Å². The van der Waals surface area contributed by atoms with Crippen molar-refractivity contribution in [1.82, 2.24) is 15.3 Å². The second-order valence-corrected chi connectivity index (χ2v) is 6.21. The van der Waals surface area contributed by atoms with Crippen molar-refractivity contribution in [3.8, 4) is 5.75 Å². The van der Waals surface area contributed by atoms with E-state index in [9.17, 15) is 0 Å². The van der Waals surface area contributed by atoms with Gasteiger partial charge < -0.3 is 10.1 Å². The van der Waals surface area contributed by atoms with E-state index < -0.39 is 0 Å². The standard InChI is InChI=1S/C16H19N3OS/c1-10(17-3)12-8-18-16(19-11(12)2)14-9-21-15-7-5-4-6-13(15)20-14/h4-8,10,14,17H,9H2,1-3H3. The zero-order chi connectivity index (χ0) is 14.8. The van der Waals surface area contributed by atoms with E-state index in [4.69, 9.17) is 4.74 Å². The van der Waals surface area contributed by atoms with E-state index in [1.54, 1.807) is 11.8 Å². The summed E-state index contributed by atoms with van der Waals surface area (Å²) >= 11 is 1.80. The third-order valence-corrected chi connectivity index (χ3v) is 4.85. The van der Waals surface area contributed by atoms with Gasteiger partial charge in [-0.1, -0.05) is 12.1 Å². The molecule has 0 bridgehead atoms. The summed E-state index contributed by atoms with van der Waals surface area (Å²) in [6.07, 6.45) is 1.83. The molecule has 2 atom stereocenters. The molecular weight excluding hydrogens is 282 g/mol. The Kier molecular flexibility index (Phi) is 4.12. The molecule has 0 saturated carbocycles. The predicted molar refractivity (Wildman–Crippen MR) is 84.8 cm³/mol. The number of aromatic nitrogens is 2. The van der Waals surface area contributed by atoms with Gasteiger partial charge in [0.15, 0.2) is 11.9 Å². The van der Waals surface area contributed by atoms with Crippen LogP contribution in [0.5, 0.6) is 5.75 Å². The van der Waals surface area contributed by atoms with E-state index in [1.807, 2.05) is 38.4 Å². The van der Waals surface area contributed by atoms with Crippen LogP contribution < -0.4 is 10.1 Å². The third-order valence-electron chi connectivity index (χ3n) is 3.73. The molecule has 1 aliphatic rings. The highest BCUT2D eigenvalue weighted by Crippen LogP contribution is 2.39. The second-order valence-electron chi connectivity index (χ2n) is 5.14. The predicted octanol–water partition coefficient (Wildman–Crippen LogP) is 3.29. The molecule has 3 rings (SSSR count). The number of nitrogens with one attached hydrogen (secondary N) is 1. The fourth-order valence-electron chi connectivity index (χ4n) is 2.38. The highest BCUT2D eigenvalue weighted by molar-refractivity contribution is 7.99. The molecule has 0 amide bonds. The minimum Gasteiger partial charge on any atom is -0.480 e. The molecule has 2 aromatic rings. The first-order chi connectivity index (χ1) is 10.2. The smallest absolute Gasteiger partial charge is 0.170 e. The van der Waals surface area contributed by atoms with Crippen molar-refractivity contribution in [1.29, 1.82) is 0 Å². The first-order valence-corrected chi connectivity index (χ1v) is 8.06. The Morgan fingerprint density at radius 2 is 2.19 bits per heavy atom. The quantitative estimate of drug-likeness (QED) is 0.942. The zero-order valence-corrected chi connectivity index (χ0v) is 13.3. The molecule has 5 heteroatoms. The summed E-state index contributed by atoms with van der Waals surface area (Å²) in [5.41, 5.74) is 2.14. The van der Waals surface area contributed by atoms with Gasteiger partial charge in [0, 0.05) is 34.1 Å². The maximum Gasteiger partial charge on any atom is 0.170 e. The van der Waals surface area contributed by atoms with Gasteiger partial charge in [0.1, 0.15) is 5.75 Å². The van der Waals surface area contributed by atoms with Crippen molar-refractivity contribution in [2.75, 3.05) is 12.8 Å². The summed E-state index contributed by atoms with van der Waals surface area (Å²) in [4.78, 5) is 10.4. The fraction of sp³-hybridized carbons (Fsp3) is 0.375. The van der Waals surface area contributed by atoms with Crippen molar-refractivity contribution >= 4 is 11.8 Å². The molecule has 0 fully saturated rings. The van der Waals surface area contributed by atoms with Crippen molar-refractivity contribution in [2.45, 2.75) is 30.9 Å². The largest absolute Gasteiger partial charge is 0.480 e. The van der Waals surface area contributed by atoms with Crippen LogP contribution in [0.4, 0.5) is 0 Å². The Labute approximate surface area is 129 Å². The van der Waals surface area contributed by atoms with Crippen LogP contribution >= 0.6 is 11.8 Å². The number of hydrogen-bond donors (Lipinski definition) is 1. The highest BCUT2D eigenvalue weighted by Gasteiger charge is 2.24. The Hall–Kier alpha value is -1.59. The lowest BCUT2D eigenvalue weighted by Gasteiger charge is -2.25. The average molecular weight is 301 g/mol. The van der Waals surface area contributed by atoms with Crippen LogP contribution in [0.1, 0.15) is 36.2 Å². The maximum atomic E-state index is 6.04. The van der Waals surface area contributed by atoms with Gasteiger partial charge in [-0.25, -0.2) is 9.97 Å². The van der Waals surface area contributed by atoms with Crippen LogP contribution in [-0.2, 0) is 0 Å². The summed E-state index contributed by atoms with van der Waals surface area (Å²) in [6.45, 7) is 4.13. The summed E-state index contributed by atoms with van der Waals surface area (Å²) in [6, 6.07) is 8.36. The minimum absolute atomic E-state index is 0.0810. The lowest BCUT2D eigenvalue weighted by Crippen LogP contribution is -2.20. The van der Waals surface area contributed by atoms with Gasteiger partial charge in [-0.15, -0.1) is 11.8 Å². The monoisotopic (exact) mass is 301 g/mol. The van der Waals surface area contributed by atoms with Gasteiger partial charge in [0.2, 0.25) is 0 Å². The molecule has 0 radical (unpaired) electrons. The van der Waals surface area contributed by atoms with Gasteiger partial charge in [-0.05, 0) is 33.0 Å². The normalized spacial score (nSPS) is 18.7. The average Bonchev–Trinajstić information content (AvgIpc) is 2.53. The Bertz CT molecular complexity index is 647. The first kappa shape index (κ1) is 14.4. The number of fused-ring (bicyclic) bond motifs is 1. The van der Waals surface area contributed by atoms with Crippen molar-refractivity contribution in [3.63, 3.8) is 0 Å². The van der Waals surface area contributed by atoms with E-state index in [0.29, 0.717) is 0 Å². The molecular formula is C16H19N3OS. The van der Waals surface area contributed by atoms with Crippen molar-refractivity contribution in [3.05, 3.63) is 47.5 Å². The highest BCUT2D eigenvalue weighted by atomic mass is 32.2. The lowest BCUT2D eigenvalue weighted by atomic mass is 10.1. The lowest BCUT2D eigenvalue weighted by molar-refractivity contribution is 0.210. The molecule has 1 aromatic carbocycles. The van der Waals surface area contributed by atoms with Crippen LogP contribution in [0.3, 0.4) is 0 Å². The molecule has 21 heavy (non-hydrogen) atoms. The van der Waals surface area contributed by atoms with Crippen LogP contribution in [0.2, 0.25) is 0 Å². The third kappa shape index (κ3) is 2.89. The number of ether oxygens (including phenoxy) is 1. The number of rotatable bonds is 3. The molecule has 4 nitrogen and oxygen atoms in total. The Morgan fingerprint density at radius 1 is 1.38 bits per heavy atom. The van der Waals surface area contributed by atoms with Gasteiger partial charge in [-0.3, -0.25) is 0 Å². The molecule has 1 aromatic heterocycles. The summed E-state index contributed by atoms with van der Waals surface area (Å²) < 4.78 is 6.04. The number of nitrogens with zero attached hydrogens (tertiary/aromatic N) is 2. The van der Waals surface area contributed by atoms with Crippen LogP contribution in [0.15, 0.2) is 35.4 Å². The van der Waals surface area contributed by atoms with Crippen LogP contribution in [0.25, 0.3) is 0 Å². The minimum atomic E-state index is -0.0810. The Morgan fingerprint density at radius 3 is 2.95 bits per heavy atom. The second kappa shape index (κ2) is 6.03. The maximum absolute atomic E-state index is 6.04. The first-order valence-electron chi connectivity index (χ1n) is 7.08. The molecule has 0 saturated heterocycles. The van der Waals surface area contributed by atoms with E-state index in [2.05, 4.69) is 28.3 Å². The number of benzene rings is 1. The summed E-state index contributed by atoms with van der Waals surface area (Å²) in [5, 5.41) is 3.22. The summed E-state index contributed by atoms with van der Waals surface area (Å²) in [5.74, 6) is 2.53. The molecule has 0 spiro atoms. The molecule has 0 aliphatic carbocycles. The zero-order valence-electron chi connectivity index (χ0n) is 12.5. The molecule has 2 heterocycles. The fourth-order valence-corrected chi connectivity index (χ4v) is 3.36. The summed E-state index contributed by atoms with van der Waals surface area (Å²) in [7, 11) is 1.94. The van der Waals surface area contributed by atoms with Gasteiger partial charge in [0.25, 0.3) is 0 Å².